The predicted octanol–water partition coefficient (Wildman–Crippen LogP) is 6.44. The number of carboxylic acid groups (broad SMARTS) is 1. The smallest absolute Gasteiger partial charge is 0.303 e. The lowest BCUT2D eigenvalue weighted by molar-refractivity contribution is -0.136. The van der Waals surface area contributed by atoms with E-state index in [9.17, 15) is 14.3 Å². The molecule has 1 aliphatic carbocycles. The Labute approximate surface area is 184 Å². The van der Waals surface area contributed by atoms with Gasteiger partial charge < -0.3 is 15.5 Å². The van der Waals surface area contributed by atoms with Crippen molar-refractivity contribution in [3.05, 3.63) is 93.7 Å². The van der Waals surface area contributed by atoms with Gasteiger partial charge in [0, 0.05) is 25.1 Å². The third-order valence-electron chi connectivity index (χ3n) is 5.24. The van der Waals surface area contributed by atoms with Crippen LogP contribution in [0, 0.1) is 0 Å². The average molecular weight is 426 g/mol. The summed E-state index contributed by atoms with van der Waals surface area (Å²) in [5.41, 5.74) is 6.01. The zero-order chi connectivity index (χ0) is 22.8. The third kappa shape index (κ3) is 8.28. The number of allylic oxidation sites excluding steroid dienone is 9. The summed E-state index contributed by atoms with van der Waals surface area (Å²) in [5, 5.41) is 21.7. The molecule has 1 aromatic rings. The Balaban J connectivity index is 2.05. The zero-order valence-corrected chi connectivity index (χ0v) is 18.5. The van der Waals surface area contributed by atoms with Crippen molar-refractivity contribution in [1.29, 1.82) is 0 Å². The van der Waals surface area contributed by atoms with Crippen molar-refractivity contribution in [2.24, 2.45) is 0 Å². The Hall–Kier alpha value is -3.08. The molecular weight excluding hydrogens is 393 g/mol. The standard InChI is InChI=1S/C26H32FNO3/c1-4-22(18(2)14-19(3)29)16-20-6-5-7-21(15-20)17-28-24-10-8-23(9-13-26(30)31)25(27)12-11-24/h5-8,10,12,14-15,28-29H,4,9,11,13,16-17H2,1-3H3,(H,30,31)/b19-14+,22-18+. The van der Waals surface area contributed by atoms with Crippen molar-refractivity contribution in [3.63, 3.8) is 0 Å². The van der Waals surface area contributed by atoms with Crippen LogP contribution in [0.4, 0.5) is 4.39 Å². The topological polar surface area (TPSA) is 69.6 Å². The van der Waals surface area contributed by atoms with Gasteiger partial charge in [-0.3, -0.25) is 4.79 Å². The SMILES string of the molecule is CC/C(Cc1cccc(CNC2=CC=C(CCC(=O)O)C(F)=CC2)c1)=C(C)\C=C(/C)O. The summed E-state index contributed by atoms with van der Waals surface area (Å²) in [6.45, 7) is 6.44. The minimum Gasteiger partial charge on any atom is -0.513 e. The van der Waals surface area contributed by atoms with Gasteiger partial charge in [-0.25, -0.2) is 4.39 Å². The molecule has 0 amide bonds. The van der Waals surface area contributed by atoms with Crippen LogP contribution in [0.15, 0.2) is 82.6 Å². The molecule has 0 heterocycles. The molecule has 0 spiro atoms. The van der Waals surface area contributed by atoms with E-state index in [1.807, 2.05) is 19.1 Å². The molecule has 0 atom stereocenters. The highest BCUT2D eigenvalue weighted by atomic mass is 19.1. The Kier molecular flexibility index (Phi) is 9.32. The van der Waals surface area contributed by atoms with Crippen LogP contribution in [0.5, 0.6) is 0 Å². The minimum atomic E-state index is -0.932. The van der Waals surface area contributed by atoms with Gasteiger partial charge in [-0.1, -0.05) is 42.8 Å². The van der Waals surface area contributed by atoms with Gasteiger partial charge in [0.2, 0.25) is 0 Å². The molecule has 2 rings (SSSR count). The second-order valence-electron chi connectivity index (χ2n) is 7.81. The van der Waals surface area contributed by atoms with Crippen molar-refractivity contribution < 1.29 is 19.4 Å². The Bertz CT molecular complexity index is 947. The van der Waals surface area contributed by atoms with Crippen molar-refractivity contribution in [3.8, 4) is 0 Å². The van der Waals surface area contributed by atoms with Gasteiger partial charge in [-0.15, -0.1) is 0 Å². The highest BCUT2D eigenvalue weighted by Crippen LogP contribution is 2.23. The van der Waals surface area contributed by atoms with Gasteiger partial charge in [0.1, 0.15) is 5.83 Å². The van der Waals surface area contributed by atoms with E-state index < -0.39 is 5.97 Å². The molecule has 3 N–H and O–H groups in total. The summed E-state index contributed by atoms with van der Waals surface area (Å²) in [6, 6.07) is 8.35. The number of hydrogen-bond donors (Lipinski definition) is 3. The second kappa shape index (κ2) is 11.9. The largest absolute Gasteiger partial charge is 0.513 e. The fraction of sp³-hybridized carbons (Fsp3) is 0.346. The van der Waals surface area contributed by atoms with Gasteiger partial charge in [0.05, 0.1) is 5.76 Å². The number of aliphatic hydroxyl groups excluding tert-OH is 1. The number of hydrogen-bond acceptors (Lipinski definition) is 3. The van der Waals surface area contributed by atoms with E-state index in [0.717, 1.165) is 29.7 Å². The van der Waals surface area contributed by atoms with Crippen molar-refractivity contribution in [1.82, 2.24) is 5.32 Å². The maximum Gasteiger partial charge on any atom is 0.303 e. The van der Waals surface area contributed by atoms with E-state index in [4.69, 9.17) is 5.11 Å². The number of nitrogens with one attached hydrogen (secondary N) is 1. The first-order chi connectivity index (χ1) is 14.8. The van der Waals surface area contributed by atoms with Crippen LogP contribution in [-0.4, -0.2) is 16.2 Å². The molecule has 4 nitrogen and oxygen atoms in total. The monoisotopic (exact) mass is 425 g/mol. The fourth-order valence-corrected chi connectivity index (χ4v) is 3.53. The summed E-state index contributed by atoms with van der Waals surface area (Å²) >= 11 is 0. The lowest BCUT2D eigenvalue weighted by atomic mass is 9.97. The van der Waals surface area contributed by atoms with Crippen molar-refractivity contribution in [2.45, 2.75) is 59.4 Å². The summed E-state index contributed by atoms with van der Waals surface area (Å²) in [6.07, 6.45) is 9.06. The number of carboxylic acids is 1. The molecule has 0 aliphatic heterocycles. The quantitative estimate of drug-likeness (QED) is 0.298. The molecule has 5 heteroatoms. The molecular formula is C26H32FNO3. The molecule has 0 fully saturated rings. The number of aliphatic carboxylic acids is 1. The molecule has 1 aliphatic rings. The third-order valence-corrected chi connectivity index (χ3v) is 5.24. The predicted molar refractivity (Wildman–Crippen MR) is 123 cm³/mol. The number of carbonyl (C=O) groups is 1. The lowest BCUT2D eigenvalue weighted by Crippen LogP contribution is -2.12. The van der Waals surface area contributed by atoms with Gasteiger partial charge in [-0.05, 0) is 73.6 Å². The highest BCUT2D eigenvalue weighted by molar-refractivity contribution is 5.67. The lowest BCUT2D eigenvalue weighted by Gasteiger charge is -2.12. The van der Waals surface area contributed by atoms with Crippen LogP contribution in [0.1, 0.15) is 57.6 Å². The maximum atomic E-state index is 14.2. The van der Waals surface area contributed by atoms with E-state index in [1.54, 1.807) is 19.1 Å². The first kappa shape index (κ1) is 24.2. The minimum absolute atomic E-state index is 0.0855. The van der Waals surface area contributed by atoms with E-state index in [1.165, 1.54) is 17.2 Å². The van der Waals surface area contributed by atoms with Gasteiger partial charge in [0.25, 0.3) is 0 Å². The van der Waals surface area contributed by atoms with E-state index in [0.29, 0.717) is 24.3 Å². The van der Waals surface area contributed by atoms with Crippen LogP contribution in [0.25, 0.3) is 0 Å². The van der Waals surface area contributed by atoms with Gasteiger partial charge in [0.15, 0.2) is 0 Å². The second-order valence-corrected chi connectivity index (χ2v) is 7.81. The molecule has 0 saturated carbocycles. The normalized spacial score (nSPS) is 15.4. The fourth-order valence-electron chi connectivity index (χ4n) is 3.53. The van der Waals surface area contributed by atoms with Crippen molar-refractivity contribution >= 4 is 5.97 Å². The maximum absolute atomic E-state index is 14.2. The van der Waals surface area contributed by atoms with Crippen LogP contribution in [0.2, 0.25) is 0 Å². The number of benzene rings is 1. The number of aliphatic hydroxyl groups is 1. The zero-order valence-electron chi connectivity index (χ0n) is 18.5. The number of rotatable bonds is 10. The number of halogens is 1. The molecule has 1 aromatic carbocycles. The highest BCUT2D eigenvalue weighted by Gasteiger charge is 2.10. The molecule has 0 aromatic heterocycles. The first-order valence-corrected chi connectivity index (χ1v) is 10.6. The van der Waals surface area contributed by atoms with E-state index >= 15 is 0 Å². The van der Waals surface area contributed by atoms with Crippen LogP contribution < -0.4 is 5.32 Å². The summed E-state index contributed by atoms with van der Waals surface area (Å²) < 4.78 is 14.2. The molecule has 0 unspecified atom stereocenters. The average Bonchev–Trinajstić information content (AvgIpc) is 2.90. The Morgan fingerprint density at radius 1 is 1.19 bits per heavy atom. The van der Waals surface area contributed by atoms with Crippen LogP contribution in [-0.2, 0) is 17.8 Å². The van der Waals surface area contributed by atoms with Crippen molar-refractivity contribution in [2.75, 3.05) is 0 Å². The van der Waals surface area contributed by atoms with Crippen LogP contribution in [0.3, 0.4) is 0 Å². The van der Waals surface area contributed by atoms with Gasteiger partial charge in [-0.2, -0.15) is 0 Å². The summed E-state index contributed by atoms with van der Waals surface area (Å²) in [7, 11) is 0. The molecule has 0 bridgehead atoms. The molecule has 166 valence electrons. The molecule has 31 heavy (non-hydrogen) atoms. The molecule has 0 saturated heterocycles. The van der Waals surface area contributed by atoms with Gasteiger partial charge >= 0.3 is 5.97 Å². The molecule has 0 radical (unpaired) electrons. The summed E-state index contributed by atoms with van der Waals surface area (Å²) in [5.74, 6) is -0.972. The van der Waals surface area contributed by atoms with Crippen LogP contribution >= 0.6 is 0 Å². The Morgan fingerprint density at radius 2 is 1.94 bits per heavy atom. The first-order valence-electron chi connectivity index (χ1n) is 10.6. The van der Waals surface area contributed by atoms with E-state index in [-0.39, 0.29) is 18.7 Å². The van der Waals surface area contributed by atoms with E-state index in [2.05, 4.69) is 30.4 Å². The summed E-state index contributed by atoms with van der Waals surface area (Å²) in [4.78, 5) is 10.7. The Morgan fingerprint density at radius 3 is 2.61 bits per heavy atom.